The molecule has 1 aliphatic rings. The van der Waals surface area contributed by atoms with E-state index in [9.17, 15) is 29.7 Å². The van der Waals surface area contributed by atoms with Crippen LogP contribution in [0.1, 0.15) is 0 Å². The summed E-state index contributed by atoms with van der Waals surface area (Å²) in [6.45, 7) is -1.86. The van der Waals surface area contributed by atoms with Crippen LogP contribution < -0.4 is 68.9 Å². The third kappa shape index (κ3) is 5.72. The molecule has 0 aromatic rings. The number of phosphoric ester groups is 1. The van der Waals surface area contributed by atoms with Crippen molar-refractivity contribution in [3.8, 4) is 0 Å². The maximum absolute atomic E-state index is 10.2. The fourth-order valence-corrected chi connectivity index (χ4v) is 1.65. The minimum Gasteiger partial charge on any atom is -0.790 e. The van der Waals surface area contributed by atoms with Gasteiger partial charge in [-0.1, -0.05) is 0 Å². The first-order valence-electron chi connectivity index (χ1n) is 4.23. The molecule has 0 saturated carbocycles. The molecule has 0 amide bonds. The van der Waals surface area contributed by atoms with Crippen LogP contribution in [-0.2, 0) is 13.8 Å². The molecule has 12 heteroatoms. The molecule has 0 aromatic carbocycles. The van der Waals surface area contributed by atoms with Crippen molar-refractivity contribution in [2.75, 3.05) is 13.2 Å². The molecular weight excluding hydrogens is 293 g/mol. The van der Waals surface area contributed by atoms with Gasteiger partial charge in [-0.25, -0.2) is 0 Å². The summed E-state index contributed by atoms with van der Waals surface area (Å²) >= 11 is 0. The van der Waals surface area contributed by atoms with Crippen LogP contribution in [0.15, 0.2) is 0 Å². The zero-order valence-electron chi connectivity index (χ0n) is 9.92. The first-order chi connectivity index (χ1) is 7.19. The molecule has 4 atom stereocenters. The van der Waals surface area contributed by atoms with Gasteiger partial charge in [-0.3, -0.25) is 0 Å². The first kappa shape index (κ1) is 22.2. The Balaban J connectivity index is 0. The third-order valence-electron chi connectivity index (χ3n) is 2.13. The minimum atomic E-state index is -5.33. The van der Waals surface area contributed by atoms with Gasteiger partial charge in [-0.2, -0.15) is 0 Å². The number of rotatable bonds is 4. The standard InChI is InChI=1S/C6H13O9P.2Na/c7-1-3-4(8)5(9)6(10,15-3)2-14-16(11,12)13;;/h3-5,7-10H,1-2H2,(H2,11,12,13);;/q;2*+1/p-2/t3-,4-,5+,6-;;/m1../s1. The molecule has 0 aromatic heterocycles. The number of ether oxygens (including phenoxy) is 1. The van der Waals surface area contributed by atoms with Gasteiger partial charge in [0.1, 0.15) is 24.9 Å². The molecule has 0 spiro atoms. The van der Waals surface area contributed by atoms with Crippen LogP contribution in [0.5, 0.6) is 0 Å². The summed E-state index contributed by atoms with van der Waals surface area (Å²) in [6.07, 6.45) is -4.80. The van der Waals surface area contributed by atoms with Crippen LogP contribution in [0.4, 0.5) is 0 Å². The summed E-state index contributed by atoms with van der Waals surface area (Å²) in [5, 5.41) is 36.8. The van der Waals surface area contributed by atoms with E-state index in [4.69, 9.17) is 5.11 Å². The van der Waals surface area contributed by atoms with Gasteiger partial charge in [-0.05, 0) is 0 Å². The Hall–Kier alpha value is 1.91. The minimum absolute atomic E-state index is 0. The fraction of sp³-hybridized carbons (Fsp3) is 1.00. The summed E-state index contributed by atoms with van der Waals surface area (Å²) in [5.41, 5.74) is 0. The number of phosphoric acid groups is 1. The van der Waals surface area contributed by atoms with E-state index in [1.165, 1.54) is 0 Å². The fourth-order valence-electron chi connectivity index (χ4n) is 1.31. The van der Waals surface area contributed by atoms with E-state index < -0.39 is 45.1 Å². The maximum Gasteiger partial charge on any atom is 1.00 e. The van der Waals surface area contributed by atoms with E-state index in [-0.39, 0.29) is 59.1 Å². The molecule has 1 heterocycles. The second kappa shape index (κ2) is 8.38. The average molecular weight is 304 g/mol. The van der Waals surface area contributed by atoms with Gasteiger partial charge in [0.15, 0.2) is 0 Å². The monoisotopic (exact) mass is 304 g/mol. The molecule has 1 aliphatic heterocycles. The summed E-state index contributed by atoms with van der Waals surface area (Å²) in [4.78, 5) is 20.3. The van der Waals surface area contributed by atoms with Gasteiger partial charge in [0.05, 0.1) is 14.4 Å². The molecule has 1 saturated heterocycles. The zero-order valence-corrected chi connectivity index (χ0v) is 14.8. The Labute approximate surface area is 147 Å². The van der Waals surface area contributed by atoms with E-state index >= 15 is 0 Å². The Morgan fingerprint density at radius 2 is 1.83 bits per heavy atom. The predicted octanol–water partition coefficient (Wildman–Crippen LogP) is -10.4. The van der Waals surface area contributed by atoms with Gasteiger partial charge >= 0.3 is 59.1 Å². The van der Waals surface area contributed by atoms with Gasteiger partial charge < -0.3 is 44.0 Å². The van der Waals surface area contributed by atoms with Gasteiger partial charge in [0.25, 0.3) is 0 Å². The smallest absolute Gasteiger partial charge is 0.790 e. The van der Waals surface area contributed by atoms with Crippen molar-refractivity contribution in [3.05, 3.63) is 0 Å². The zero-order chi connectivity index (χ0) is 12.6. The van der Waals surface area contributed by atoms with Crippen molar-refractivity contribution in [2.45, 2.75) is 24.1 Å². The second-order valence-electron chi connectivity index (χ2n) is 3.34. The third-order valence-corrected chi connectivity index (χ3v) is 2.58. The van der Waals surface area contributed by atoms with E-state index in [2.05, 4.69) is 9.26 Å². The molecule has 9 nitrogen and oxygen atoms in total. The normalized spacial score (nSPS) is 35.8. The van der Waals surface area contributed by atoms with Gasteiger partial charge in [0, 0.05) is 0 Å². The van der Waals surface area contributed by atoms with Crippen molar-refractivity contribution < 1.29 is 103 Å². The molecular formula is C6H11Na2O9P. The van der Waals surface area contributed by atoms with Crippen molar-refractivity contribution in [1.29, 1.82) is 0 Å². The average Bonchev–Trinajstić information content (AvgIpc) is 2.40. The maximum atomic E-state index is 10.2. The summed E-state index contributed by atoms with van der Waals surface area (Å²) in [7, 11) is -5.33. The Morgan fingerprint density at radius 3 is 2.17 bits per heavy atom. The van der Waals surface area contributed by atoms with Gasteiger partial charge in [0.2, 0.25) is 5.79 Å². The quantitative estimate of drug-likeness (QED) is 0.292. The van der Waals surface area contributed by atoms with E-state index in [0.29, 0.717) is 0 Å². The first-order valence-corrected chi connectivity index (χ1v) is 5.69. The molecule has 96 valence electrons. The summed E-state index contributed by atoms with van der Waals surface area (Å²) in [6, 6.07) is 0. The van der Waals surface area contributed by atoms with Crippen LogP contribution >= 0.6 is 7.82 Å². The molecule has 1 fully saturated rings. The van der Waals surface area contributed by atoms with E-state index in [1.807, 2.05) is 0 Å². The molecule has 0 aliphatic carbocycles. The van der Waals surface area contributed by atoms with Crippen LogP contribution in [0.25, 0.3) is 0 Å². The molecule has 0 radical (unpaired) electrons. The molecule has 4 N–H and O–H groups in total. The van der Waals surface area contributed by atoms with E-state index in [1.54, 1.807) is 0 Å². The topological polar surface area (TPSA) is 163 Å². The number of hydrogen-bond acceptors (Lipinski definition) is 9. The Morgan fingerprint density at radius 1 is 1.33 bits per heavy atom. The summed E-state index contributed by atoms with van der Waals surface area (Å²) < 4.78 is 18.5. The Kier molecular flexibility index (Phi) is 10.3. The number of hydrogen-bond donors (Lipinski definition) is 4. The van der Waals surface area contributed by atoms with Crippen LogP contribution in [0, 0.1) is 0 Å². The van der Waals surface area contributed by atoms with Crippen LogP contribution in [0.3, 0.4) is 0 Å². The van der Waals surface area contributed by atoms with Crippen molar-refractivity contribution >= 4 is 7.82 Å². The number of aliphatic hydroxyl groups is 4. The van der Waals surface area contributed by atoms with E-state index in [0.717, 1.165) is 0 Å². The number of aliphatic hydroxyl groups excluding tert-OH is 3. The van der Waals surface area contributed by atoms with Crippen molar-refractivity contribution in [3.63, 3.8) is 0 Å². The Bertz CT molecular complexity index is 299. The summed E-state index contributed by atoms with van der Waals surface area (Å²) in [5.74, 6) is -2.54. The molecule has 0 unspecified atom stereocenters. The predicted molar refractivity (Wildman–Crippen MR) is 42.5 cm³/mol. The second-order valence-corrected chi connectivity index (χ2v) is 4.49. The molecule has 1 rings (SSSR count). The molecule has 0 bridgehead atoms. The van der Waals surface area contributed by atoms with Gasteiger partial charge in [-0.15, -0.1) is 0 Å². The van der Waals surface area contributed by atoms with Crippen molar-refractivity contribution in [2.24, 2.45) is 0 Å². The van der Waals surface area contributed by atoms with Crippen molar-refractivity contribution in [1.82, 2.24) is 0 Å². The SMILES string of the molecule is O=P([O-])([O-])OC[C@@]1(O)O[C@H](CO)[C@@H](O)[C@@H]1O.[Na+].[Na+]. The van der Waals surface area contributed by atoms with Crippen LogP contribution in [0.2, 0.25) is 0 Å². The molecule has 18 heavy (non-hydrogen) atoms. The largest absolute Gasteiger partial charge is 1.00 e. The van der Waals surface area contributed by atoms with Crippen LogP contribution in [-0.4, -0.2) is 57.7 Å².